The van der Waals surface area contributed by atoms with Crippen molar-refractivity contribution < 1.29 is 29.1 Å². The van der Waals surface area contributed by atoms with Crippen LogP contribution in [-0.4, -0.2) is 64.6 Å². The zero-order valence-electron chi connectivity index (χ0n) is 18.4. The highest BCUT2D eigenvalue weighted by atomic mass is 32.1. The van der Waals surface area contributed by atoms with E-state index in [1.54, 1.807) is 13.8 Å². The molecule has 0 aliphatic rings. The zero-order chi connectivity index (χ0) is 24.3. The Bertz CT molecular complexity index is 658. The summed E-state index contributed by atoms with van der Waals surface area (Å²) in [6, 6.07) is -4.32. The summed E-state index contributed by atoms with van der Waals surface area (Å²) in [6.45, 7) is 7.10. The van der Waals surface area contributed by atoms with E-state index < -0.39 is 53.8 Å². The molecular weight excluding hydrogens is 426 g/mol. The molecule has 0 radical (unpaired) electrons. The summed E-state index contributed by atoms with van der Waals surface area (Å²) >= 11 is 4.05. The molecule has 178 valence electrons. The Morgan fingerprint density at radius 3 is 1.77 bits per heavy atom. The van der Waals surface area contributed by atoms with E-state index in [0.717, 1.165) is 0 Å². The number of amides is 4. The summed E-state index contributed by atoms with van der Waals surface area (Å²) in [4.78, 5) is 60.0. The van der Waals surface area contributed by atoms with Gasteiger partial charge in [0.05, 0.1) is 6.04 Å². The number of carboxylic acid groups (broad SMARTS) is 1. The lowest BCUT2D eigenvalue weighted by atomic mass is 10.0. The van der Waals surface area contributed by atoms with Crippen LogP contribution in [0.15, 0.2) is 0 Å². The van der Waals surface area contributed by atoms with E-state index in [-0.39, 0.29) is 36.9 Å². The second-order valence-corrected chi connectivity index (χ2v) is 8.47. The molecule has 0 fully saturated rings. The molecule has 12 heteroatoms. The fraction of sp³-hybridized carbons (Fsp3) is 0.737. The molecule has 0 rings (SSSR count). The minimum atomic E-state index is -1.19. The number of thiol groups is 1. The number of carboxylic acids is 1. The number of carbonyl (C=O) groups excluding carboxylic acids is 4. The number of nitrogens with two attached hydrogens (primary N) is 2. The molecule has 0 saturated carbocycles. The molecular formula is C19H35N5O6S. The topological polar surface area (TPSA) is 194 Å². The summed E-state index contributed by atoms with van der Waals surface area (Å²) in [5, 5.41) is 16.6. The third kappa shape index (κ3) is 11.0. The molecule has 0 aromatic rings. The highest BCUT2D eigenvalue weighted by Gasteiger charge is 2.30. The lowest BCUT2D eigenvalue weighted by molar-refractivity contribution is -0.142. The molecule has 0 aromatic carbocycles. The summed E-state index contributed by atoms with van der Waals surface area (Å²) in [6.07, 6.45) is -0.0646. The molecule has 0 bridgehead atoms. The second kappa shape index (κ2) is 13.9. The van der Waals surface area contributed by atoms with E-state index in [1.165, 1.54) is 0 Å². The van der Waals surface area contributed by atoms with Gasteiger partial charge in [-0.05, 0) is 24.7 Å². The molecule has 8 N–H and O–H groups in total. The van der Waals surface area contributed by atoms with Gasteiger partial charge >= 0.3 is 5.97 Å². The van der Waals surface area contributed by atoms with E-state index in [4.69, 9.17) is 11.5 Å². The summed E-state index contributed by atoms with van der Waals surface area (Å²) in [5.41, 5.74) is 10.9. The van der Waals surface area contributed by atoms with Crippen molar-refractivity contribution in [1.82, 2.24) is 16.0 Å². The van der Waals surface area contributed by atoms with Crippen LogP contribution in [0.3, 0.4) is 0 Å². The van der Waals surface area contributed by atoms with Gasteiger partial charge in [0.15, 0.2) is 0 Å². The smallest absolute Gasteiger partial charge is 0.326 e. The summed E-state index contributed by atoms with van der Waals surface area (Å²) < 4.78 is 0. The van der Waals surface area contributed by atoms with Crippen LogP contribution in [0.1, 0.15) is 47.0 Å². The number of aliphatic carboxylic acids is 1. The Balaban J connectivity index is 5.30. The first-order chi connectivity index (χ1) is 14.3. The van der Waals surface area contributed by atoms with Crippen molar-refractivity contribution in [3.8, 4) is 0 Å². The number of rotatable bonds is 14. The molecule has 0 aliphatic heterocycles. The normalized spacial score (nSPS) is 15.0. The Labute approximate surface area is 187 Å². The monoisotopic (exact) mass is 461 g/mol. The van der Waals surface area contributed by atoms with Crippen molar-refractivity contribution in [1.29, 1.82) is 0 Å². The first kappa shape index (κ1) is 28.7. The number of hydrogen-bond donors (Lipinski definition) is 7. The second-order valence-electron chi connectivity index (χ2n) is 8.11. The predicted molar refractivity (Wildman–Crippen MR) is 118 cm³/mol. The quantitative estimate of drug-likeness (QED) is 0.157. The van der Waals surface area contributed by atoms with Crippen LogP contribution in [0.2, 0.25) is 0 Å². The molecule has 0 spiro atoms. The van der Waals surface area contributed by atoms with Gasteiger partial charge in [-0.15, -0.1) is 0 Å². The average molecular weight is 462 g/mol. The number of hydrogen-bond acceptors (Lipinski definition) is 7. The Morgan fingerprint density at radius 2 is 1.35 bits per heavy atom. The fourth-order valence-corrected chi connectivity index (χ4v) is 2.81. The van der Waals surface area contributed by atoms with E-state index in [1.807, 2.05) is 13.8 Å². The van der Waals surface area contributed by atoms with Crippen LogP contribution < -0.4 is 27.4 Å². The number of primary amides is 1. The molecule has 0 aromatic heterocycles. The standard InChI is InChI=1S/C19H35N5O6S/c1-9(2)7-12(19(29)30)23-17(27)13(8-31)24-16(26)11(5-6-14(20)25)22-18(28)15(21)10(3)4/h9-13,15,31H,5-8,21H2,1-4H3,(H2,20,25)(H,22,28)(H,23,27)(H,24,26)(H,29,30). The van der Waals surface area contributed by atoms with Gasteiger partial charge < -0.3 is 32.5 Å². The molecule has 0 heterocycles. The zero-order valence-corrected chi connectivity index (χ0v) is 19.3. The van der Waals surface area contributed by atoms with Crippen LogP contribution in [0.4, 0.5) is 0 Å². The molecule has 4 atom stereocenters. The van der Waals surface area contributed by atoms with Crippen LogP contribution in [0.25, 0.3) is 0 Å². The molecule has 4 unspecified atom stereocenters. The third-order valence-electron chi connectivity index (χ3n) is 4.47. The summed E-state index contributed by atoms with van der Waals surface area (Å²) in [5.74, 6) is -4.20. The van der Waals surface area contributed by atoms with Crippen LogP contribution >= 0.6 is 12.6 Å². The lowest BCUT2D eigenvalue weighted by Crippen LogP contribution is -2.58. The maximum atomic E-state index is 12.7. The Morgan fingerprint density at radius 1 is 0.871 bits per heavy atom. The largest absolute Gasteiger partial charge is 0.480 e. The highest BCUT2D eigenvalue weighted by molar-refractivity contribution is 7.80. The van der Waals surface area contributed by atoms with E-state index >= 15 is 0 Å². The lowest BCUT2D eigenvalue weighted by Gasteiger charge is -2.25. The van der Waals surface area contributed by atoms with Gasteiger partial charge in [0, 0.05) is 12.2 Å². The van der Waals surface area contributed by atoms with Crippen LogP contribution in [0.5, 0.6) is 0 Å². The number of nitrogens with one attached hydrogen (secondary N) is 3. The maximum absolute atomic E-state index is 12.7. The minimum Gasteiger partial charge on any atom is -0.480 e. The van der Waals surface area contributed by atoms with Gasteiger partial charge in [-0.3, -0.25) is 19.2 Å². The Kier molecular flexibility index (Phi) is 12.8. The van der Waals surface area contributed by atoms with Crippen molar-refractivity contribution in [2.75, 3.05) is 5.75 Å². The first-order valence-electron chi connectivity index (χ1n) is 10.1. The Hall–Kier alpha value is -2.34. The van der Waals surface area contributed by atoms with Crippen LogP contribution in [-0.2, 0) is 24.0 Å². The molecule has 31 heavy (non-hydrogen) atoms. The average Bonchev–Trinajstić information content (AvgIpc) is 2.66. The fourth-order valence-electron chi connectivity index (χ4n) is 2.56. The first-order valence-corrected chi connectivity index (χ1v) is 10.7. The van der Waals surface area contributed by atoms with Crippen molar-refractivity contribution in [3.63, 3.8) is 0 Å². The molecule has 0 aliphatic carbocycles. The highest BCUT2D eigenvalue weighted by Crippen LogP contribution is 2.07. The molecule has 11 nitrogen and oxygen atoms in total. The van der Waals surface area contributed by atoms with E-state index in [2.05, 4.69) is 28.6 Å². The van der Waals surface area contributed by atoms with Gasteiger partial charge in [0.25, 0.3) is 0 Å². The van der Waals surface area contributed by atoms with Crippen molar-refractivity contribution in [2.45, 2.75) is 71.1 Å². The van der Waals surface area contributed by atoms with Crippen molar-refractivity contribution >= 4 is 42.2 Å². The minimum absolute atomic E-state index is 0.0176. The van der Waals surface area contributed by atoms with E-state index in [0.29, 0.717) is 0 Å². The van der Waals surface area contributed by atoms with Crippen molar-refractivity contribution in [2.24, 2.45) is 23.3 Å². The SMILES string of the molecule is CC(C)CC(NC(=O)C(CS)NC(=O)C(CCC(N)=O)NC(=O)C(N)C(C)C)C(=O)O. The third-order valence-corrected chi connectivity index (χ3v) is 4.84. The summed E-state index contributed by atoms with van der Waals surface area (Å²) in [7, 11) is 0. The molecule has 4 amide bonds. The van der Waals surface area contributed by atoms with E-state index in [9.17, 15) is 29.1 Å². The maximum Gasteiger partial charge on any atom is 0.326 e. The van der Waals surface area contributed by atoms with Crippen LogP contribution in [0, 0.1) is 11.8 Å². The van der Waals surface area contributed by atoms with Crippen molar-refractivity contribution in [3.05, 3.63) is 0 Å². The van der Waals surface area contributed by atoms with Gasteiger partial charge in [-0.2, -0.15) is 12.6 Å². The number of carbonyl (C=O) groups is 5. The van der Waals surface area contributed by atoms with Gasteiger partial charge in [0.1, 0.15) is 18.1 Å². The van der Waals surface area contributed by atoms with Gasteiger partial charge in [-0.25, -0.2) is 4.79 Å². The predicted octanol–water partition coefficient (Wildman–Crippen LogP) is -1.25. The van der Waals surface area contributed by atoms with Gasteiger partial charge in [-0.1, -0.05) is 27.7 Å². The van der Waals surface area contributed by atoms with Gasteiger partial charge in [0.2, 0.25) is 23.6 Å². The molecule has 0 saturated heterocycles.